The highest BCUT2D eigenvalue weighted by molar-refractivity contribution is 7.07. The van der Waals surface area contributed by atoms with Crippen LogP contribution in [0.1, 0.15) is 12.1 Å². The Balaban J connectivity index is 2.22. The van der Waals surface area contributed by atoms with E-state index in [9.17, 15) is 0 Å². The quantitative estimate of drug-likeness (QED) is 0.674. The molecule has 1 aromatic heterocycles. The lowest BCUT2D eigenvalue weighted by molar-refractivity contribution is 0.741. The summed E-state index contributed by atoms with van der Waals surface area (Å²) in [4.78, 5) is 8.49. The third-order valence-corrected chi connectivity index (χ3v) is 2.16. The molecule has 0 aromatic carbocycles. The molecular formula is C7H9N3S. The maximum absolute atomic E-state index is 4.32. The zero-order valence-electron chi connectivity index (χ0n) is 6.08. The SMILES string of the molecule is c1nc(C2=NCCCN2)cs1. The average molecular weight is 167 g/mol. The molecule has 0 amide bonds. The highest BCUT2D eigenvalue weighted by Crippen LogP contribution is 2.03. The van der Waals surface area contributed by atoms with Crippen LogP contribution in [0.25, 0.3) is 0 Å². The molecule has 3 nitrogen and oxygen atoms in total. The van der Waals surface area contributed by atoms with Crippen LogP contribution >= 0.6 is 11.3 Å². The van der Waals surface area contributed by atoms with E-state index in [1.54, 1.807) is 11.3 Å². The Hall–Kier alpha value is -0.900. The first-order valence-corrected chi connectivity index (χ1v) is 4.58. The van der Waals surface area contributed by atoms with Crippen molar-refractivity contribution in [1.82, 2.24) is 10.3 Å². The number of nitrogens with one attached hydrogen (secondary N) is 1. The third-order valence-electron chi connectivity index (χ3n) is 1.57. The molecule has 0 unspecified atom stereocenters. The largest absolute Gasteiger partial charge is 0.368 e. The Kier molecular flexibility index (Phi) is 1.85. The smallest absolute Gasteiger partial charge is 0.148 e. The minimum Gasteiger partial charge on any atom is -0.368 e. The standard InChI is InChI=1S/C7H9N3S/c1-2-8-7(9-3-1)6-4-11-5-10-6/h4-5H,1-3H2,(H,8,9). The summed E-state index contributed by atoms with van der Waals surface area (Å²) in [6.45, 7) is 1.95. The summed E-state index contributed by atoms with van der Waals surface area (Å²) in [6, 6.07) is 0. The van der Waals surface area contributed by atoms with Crippen molar-refractivity contribution in [3.8, 4) is 0 Å². The zero-order chi connectivity index (χ0) is 7.52. The van der Waals surface area contributed by atoms with Crippen molar-refractivity contribution in [2.45, 2.75) is 6.42 Å². The predicted molar refractivity (Wildman–Crippen MR) is 46.1 cm³/mol. The number of rotatable bonds is 1. The number of nitrogens with zero attached hydrogens (tertiary/aromatic N) is 2. The first-order valence-electron chi connectivity index (χ1n) is 3.64. The lowest BCUT2D eigenvalue weighted by Gasteiger charge is -2.11. The Bertz CT molecular complexity index is 253. The van der Waals surface area contributed by atoms with Gasteiger partial charge in [0.05, 0.1) is 5.51 Å². The van der Waals surface area contributed by atoms with Gasteiger partial charge < -0.3 is 5.32 Å². The monoisotopic (exact) mass is 167 g/mol. The van der Waals surface area contributed by atoms with Crippen LogP contribution in [0.15, 0.2) is 15.9 Å². The van der Waals surface area contributed by atoms with Crippen molar-refractivity contribution in [2.75, 3.05) is 13.1 Å². The molecule has 2 heterocycles. The van der Waals surface area contributed by atoms with E-state index < -0.39 is 0 Å². The van der Waals surface area contributed by atoms with Crippen LogP contribution in [0, 0.1) is 0 Å². The minimum atomic E-state index is 0.930. The van der Waals surface area contributed by atoms with Crippen molar-refractivity contribution < 1.29 is 0 Å². The van der Waals surface area contributed by atoms with Gasteiger partial charge in [0.15, 0.2) is 0 Å². The van der Waals surface area contributed by atoms with Crippen LogP contribution in [0.5, 0.6) is 0 Å². The van der Waals surface area contributed by atoms with E-state index in [1.807, 2.05) is 10.9 Å². The van der Waals surface area contributed by atoms with E-state index in [1.165, 1.54) is 0 Å². The summed E-state index contributed by atoms with van der Waals surface area (Å²) in [5, 5.41) is 5.23. The highest BCUT2D eigenvalue weighted by atomic mass is 32.1. The van der Waals surface area contributed by atoms with Gasteiger partial charge in [-0.15, -0.1) is 11.3 Å². The van der Waals surface area contributed by atoms with Gasteiger partial charge in [0.1, 0.15) is 11.5 Å². The normalized spacial score (nSPS) is 17.3. The molecule has 0 saturated carbocycles. The summed E-state index contributed by atoms with van der Waals surface area (Å²) in [5.74, 6) is 0.956. The van der Waals surface area contributed by atoms with Crippen LogP contribution < -0.4 is 5.32 Å². The van der Waals surface area contributed by atoms with Crippen LogP contribution in [-0.4, -0.2) is 23.9 Å². The van der Waals surface area contributed by atoms with Crippen molar-refractivity contribution >= 4 is 17.2 Å². The molecule has 1 aliphatic rings. The van der Waals surface area contributed by atoms with E-state index in [0.717, 1.165) is 31.0 Å². The molecule has 0 aliphatic carbocycles. The van der Waals surface area contributed by atoms with E-state index in [-0.39, 0.29) is 0 Å². The Morgan fingerprint density at radius 3 is 3.18 bits per heavy atom. The van der Waals surface area contributed by atoms with Crippen molar-refractivity contribution in [3.05, 3.63) is 16.6 Å². The van der Waals surface area contributed by atoms with E-state index in [4.69, 9.17) is 0 Å². The van der Waals surface area contributed by atoms with E-state index in [0.29, 0.717) is 0 Å². The van der Waals surface area contributed by atoms with Gasteiger partial charge >= 0.3 is 0 Å². The van der Waals surface area contributed by atoms with Gasteiger partial charge in [0.25, 0.3) is 0 Å². The van der Waals surface area contributed by atoms with Crippen molar-refractivity contribution in [2.24, 2.45) is 4.99 Å². The molecule has 58 valence electrons. The van der Waals surface area contributed by atoms with Gasteiger partial charge in [-0.1, -0.05) is 0 Å². The number of aliphatic imine (C=N–C) groups is 1. The van der Waals surface area contributed by atoms with E-state index in [2.05, 4.69) is 15.3 Å². The molecule has 11 heavy (non-hydrogen) atoms. The minimum absolute atomic E-state index is 0.930. The van der Waals surface area contributed by atoms with Gasteiger partial charge in [-0.05, 0) is 6.42 Å². The van der Waals surface area contributed by atoms with Gasteiger partial charge in [-0.25, -0.2) is 4.98 Å². The molecule has 0 spiro atoms. The van der Waals surface area contributed by atoms with Crippen LogP contribution in [-0.2, 0) is 0 Å². The second kappa shape index (κ2) is 3.00. The fourth-order valence-corrected chi connectivity index (χ4v) is 1.57. The van der Waals surface area contributed by atoms with Crippen molar-refractivity contribution in [3.63, 3.8) is 0 Å². The molecule has 4 heteroatoms. The summed E-state index contributed by atoms with van der Waals surface area (Å²) < 4.78 is 0. The third kappa shape index (κ3) is 1.40. The molecule has 1 N–H and O–H groups in total. The Morgan fingerprint density at radius 1 is 1.55 bits per heavy atom. The van der Waals surface area contributed by atoms with E-state index >= 15 is 0 Å². The molecule has 0 fully saturated rings. The lowest BCUT2D eigenvalue weighted by atomic mass is 10.3. The number of hydrogen-bond donors (Lipinski definition) is 1. The molecule has 0 bridgehead atoms. The highest BCUT2D eigenvalue weighted by Gasteiger charge is 2.07. The van der Waals surface area contributed by atoms with Gasteiger partial charge in [0, 0.05) is 18.5 Å². The fourth-order valence-electron chi connectivity index (χ4n) is 1.03. The number of hydrogen-bond acceptors (Lipinski definition) is 4. The first-order chi connectivity index (χ1) is 5.47. The van der Waals surface area contributed by atoms with Crippen LogP contribution in [0.3, 0.4) is 0 Å². The molecule has 0 atom stereocenters. The Labute approximate surface area is 69.2 Å². The summed E-state index contributed by atoms with van der Waals surface area (Å²) >= 11 is 1.60. The lowest BCUT2D eigenvalue weighted by Crippen LogP contribution is -2.30. The zero-order valence-corrected chi connectivity index (χ0v) is 6.90. The van der Waals surface area contributed by atoms with Gasteiger partial charge in [0.2, 0.25) is 0 Å². The van der Waals surface area contributed by atoms with Gasteiger partial charge in [-0.3, -0.25) is 4.99 Å². The molecule has 0 radical (unpaired) electrons. The summed E-state index contributed by atoms with van der Waals surface area (Å²) in [5.41, 5.74) is 2.81. The maximum atomic E-state index is 4.32. The van der Waals surface area contributed by atoms with Crippen molar-refractivity contribution in [1.29, 1.82) is 0 Å². The predicted octanol–water partition coefficient (Wildman–Crippen LogP) is 0.883. The molecule has 1 aromatic rings. The number of amidine groups is 1. The maximum Gasteiger partial charge on any atom is 0.148 e. The number of aromatic nitrogens is 1. The number of thiazole rings is 1. The second-order valence-electron chi connectivity index (χ2n) is 2.38. The van der Waals surface area contributed by atoms with Crippen LogP contribution in [0.4, 0.5) is 0 Å². The second-order valence-corrected chi connectivity index (χ2v) is 3.10. The molecule has 0 saturated heterocycles. The summed E-state index contributed by atoms with van der Waals surface area (Å²) in [6.07, 6.45) is 1.13. The van der Waals surface area contributed by atoms with Gasteiger partial charge in [-0.2, -0.15) is 0 Å². The fraction of sp³-hybridized carbons (Fsp3) is 0.429. The topological polar surface area (TPSA) is 37.3 Å². The summed E-state index contributed by atoms with van der Waals surface area (Å²) in [7, 11) is 0. The molecule has 1 aliphatic heterocycles. The van der Waals surface area contributed by atoms with Crippen LogP contribution in [0.2, 0.25) is 0 Å². The average Bonchev–Trinajstić information content (AvgIpc) is 2.58. The molecule has 2 rings (SSSR count). The first kappa shape index (κ1) is 6.79. The Morgan fingerprint density at radius 2 is 2.55 bits per heavy atom. The molecular weight excluding hydrogens is 158 g/mol.